The summed E-state index contributed by atoms with van der Waals surface area (Å²) in [5.41, 5.74) is 8.04. The van der Waals surface area contributed by atoms with Gasteiger partial charge in [-0.05, 0) is 23.8 Å². The van der Waals surface area contributed by atoms with Crippen LogP contribution < -0.4 is 10.5 Å². The van der Waals surface area contributed by atoms with Gasteiger partial charge in [0, 0.05) is 18.7 Å². The van der Waals surface area contributed by atoms with Gasteiger partial charge in [0.05, 0.1) is 18.2 Å². The van der Waals surface area contributed by atoms with E-state index in [1.165, 1.54) is 5.39 Å². The monoisotopic (exact) mass is 281 g/mol. The van der Waals surface area contributed by atoms with Crippen molar-refractivity contribution >= 4 is 10.8 Å². The molecule has 0 spiro atoms. The average Bonchev–Trinajstić information content (AvgIpc) is 2.99. The predicted molar refractivity (Wildman–Crippen MR) is 84.1 cm³/mol. The summed E-state index contributed by atoms with van der Waals surface area (Å²) in [5, 5.41) is 2.34. The first kappa shape index (κ1) is 13.6. The van der Waals surface area contributed by atoms with Gasteiger partial charge in [0.1, 0.15) is 12.4 Å². The Hall–Kier alpha value is -2.33. The molecule has 0 aliphatic rings. The maximum atomic E-state index is 5.98. The summed E-state index contributed by atoms with van der Waals surface area (Å²) < 4.78 is 8.05. The van der Waals surface area contributed by atoms with Gasteiger partial charge in [-0.1, -0.05) is 30.3 Å². The van der Waals surface area contributed by atoms with Crippen LogP contribution in [0.2, 0.25) is 0 Å². The summed E-state index contributed by atoms with van der Waals surface area (Å²) in [7, 11) is 0. The van der Waals surface area contributed by atoms with Crippen LogP contribution in [0.5, 0.6) is 5.75 Å². The van der Waals surface area contributed by atoms with E-state index in [0.29, 0.717) is 13.2 Å². The third kappa shape index (κ3) is 2.62. The van der Waals surface area contributed by atoms with Gasteiger partial charge in [0.25, 0.3) is 0 Å². The molecule has 0 bridgehead atoms. The van der Waals surface area contributed by atoms with E-state index >= 15 is 0 Å². The van der Waals surface area contributed by atoms with E-state index in [2.05, 4.69) is 34.7 Å². The van der Waals surface area contributed by atoms with Crippen LogP contribution in [0.1, 0.15) is 18.2 Å². The lowest BCUT2D eigenvalue weighted by Gasteiger charge is -2.13. The predicted octanol–water partition coefficient (Wildman–Crippen LogP) is 3.09. The van der Waals surface area contributed by atoms with Gasteiger partial charge in [0.2, 0.25) is 0 Å². The highest BCUT2D eigenvalue weighted by molar-refractivity contribution is 5.87. The minimum atomic E-state index is 0.462. The van der Waals surface area contributed by atoms with Crippen LogP contribution in [-0.2, 0) is 19.7 Å². The number of nitrogens with zero attached hydrogens (tertiary/aromatic N) is 2. The lowest BCUT2D eigenvalue weighted by Crippen LogP contribution is -2.06. The zero-order chi connectivity index (χ0) is 14.7. The number of hydrogen-bond acceptors (Lipinski definition) is 3. The quantitative estimate of drug-likeness (QED) is 0.782. The van der Waals surface area contributed by atoms with E-state index in [9.17, 15) is 0 Å². The molecule has 0 atom stereocenters. The largest absolute Gasteiger partial charge is 0.487 e. The Balaban J connectivity index is 1.90. The van der Waals surface area contributed by atoms with E-state index in [0.717, 1.165) is 28.9 Å². The van der Waals surface area contributed by atoms with Crippen LogP contribution in [0.25, 0.3) is 10.8 Å². The molecule has 0 amide bonds. The fourth-order valence-corrected chi connectivity index (χ4v) is 2.57. The Bertz CT molecular complexity index is 749. The van der Waals surface area contributed by atoms with Crippen molar-refractivity contribution < 1.29 is 4.74 Å². The maximum Gasteiger partial charge on any atom is 0.130 e. The molecule has 2 aromatic carbocycles. The summed E-state index contributed by atoms with van der Waals surface area (Å²) in [5.74, 6) is 0.847. The standard InChI is InChI=1S/C17H19N3O/c1-2-20-12-19-10-14(20)11-21-17-8-7-13-5-3-4-6-15(13)16(17)9-18/h3-8,10,12H,2,9,11,18H2,1H3. The van der Waals surface area contributed by atoms with E-state index in [1.807, 2.05) is 30.7 Å². The summed E-state index contributed by atoms with van der Waals surface area (Å²) >= 11 is 0. The summed E-state index contributed by atoms with van der Waals surface area (Å²) in [6.45, 7) is 3.94. The zero-order valence-electron chi connectivity index (χ0n) is 12.1. The number of rotatable bonds is 5. The SMILES string of the molecule is CCn1cncc1COc1ccc2ccccc2c1CN. The van der Waals surface area contributed by atoms with E-state index in [-0.39, 0.29) is 0 Å². The molecule has 0 unspecified atom stereocenters. The fourth-order valence-electron chi connectivity index (χ4n) is 2.57. The Kier molecular flexibility index (Phi) is 3.88. The number of imidazole rings is 1. The van der Waals surface area contributed by atoms with E-state index in [4.69, 9.17) is 10.5 Å². The van der Waals surface area contributed by atoms with Gasteiger partial charge >= 0.3 is 0 Å². The Morgan fingerprint density at radius 1 is 1.19 bits per heavy atom. The molecular weight excluding hydrogens is 262 g/mol. The first-order valence-electron chi connectivity index (χ1n) is 7.16. The number of hydrogen-bond donors (Lipinski definition) is 1. The van der Waals surface area contributed by atoms with Crippen LogP contribution in [0.4, 0.5) is 0 Å². The molecule has 0 saturated heterocycles. The Morgan fingerprint density at radius 3 is 2.86 bits per heavy atom. The molecular formula is C17H19N3O. The number of fused-ring (bicyclic) bond motifs is 1. The fraction of sp³-hybridized carbons (Fsp3) is 0.235. The number of nitrogens with two attached hydrogens (primary N) is 1. The molecule has 0 aliphatic carbocycles. The molecule has 2 N–H and O–H groups in total. The normalized spacial score (nSPS) is 11.0. The smallest absolute Gasteiger partial charge is 0.130 e. The van der Waals surface area contributed by atoms with Crippen LogP contribution in [0.15, 0.2) is 48.9 Å². The lowest BCUT2D eigenvalue weighted by atomic mass is 10.0. The minimum absolute atomic E-state index is 0.462. The van der Waals surface area contributed by atoms with Gasteiger partial charge in [-0.3, -0.25) is 0 Å². The molecule has 0 fully saturated rings. The molecule has 4 heteroatoms. The first-order chi connectivity index (χ1) is 10.3. The molecule has 1 heterocycles. The second-order valence-corrected chi connectivity index (χ2v) is 4.93. The molecule has 0 aliphatic heterocycles. The molecule has 3 rings (SSSR count). The highest BCUT2D eigenvalue weighted by atomic mass is 16.5. The van der Waals surface area contributed by atoms with Gasteiger partial charge in [-0.15, -0.1) is 0 Å². The number of aryl methyl sites for hydroxylation is 1. The van der Waals surface area contributed by atoms with Gasteiger partial charge in [-0.2, -0.15) is 0 Å². The zero-order valence-corrected chi connectivity index (χ0v) is 12.1. The van der Waals surface area contributed by atoms with Crippen LogP contribution >= 0.6 is 0 Å². The molecule has 1 aromatic heterocycles. The van der Waals surface area contributed by atoms with Crippen molar-refractivity contribution in [2.24, 2.45) is 5.73 Å². The third-order valence-electron chi connectivity index (χ3n) is 3.72. The highest BCUT2D eigenvalue weighted by Crippen LogP contribution is 2.28. The minimum Gasteiger partial charge on any atom is -0.487 e. The van der Waals surface area contributed by atoms with Crippen molar-refractivity contribution in [2.75, 3.05) is 0 Å². The van der Waals surface area contributed by atoms with Crippen LogP contribution in [0, 0.1) is 0 Å². The molecule has 0 saturated carbocycles. The number of aromatic nitrogens is 2. The van der Waals surface area contributed by atoms with Crippen LogP contribution in [-0.4, -0.2) is 9.55 Å². The summed E-state index contributed by atoms with van der Waals surface area (Å²) in [6, 6.07) is 12.3. The summed E-state index contributed by atoms with van der Waals surface area (Å²) in [6.07, 6.45) is 3.66. The van der Waals surface area contributed by atoms with Gasteiger partial charge in [-0.25, -0.2) is 4.98 Å². The second kappa shape index (κ2) is 5.97. The van der Waals surface area contributed by atoms with Gasteiger partial charge in [0.15, 0.2) is 0 Å². The maximum absolute atomic E-state index is 5.98. The molecule has 0 radical (unpaired) electrons. The topological polar surface area (TPSA) is 53.1 Å². The van der Waals surface area contributed by atoms with Crippen molar-refractivity contribution in [3.8, 4) is 5.75 Å². The summed E-state index contributed by atoms with van der Waals surface area (Å²) in [4.78, 5) is 4.16. The Labute approximate surface area is 124 Å². The van der Waals surface area contributed by atoms with Crippen LogP contribution in [0.3, 0.4) is 0 Å². The van der Waals surface area contributed by atoms with Crippen molar-refractivity contribution in [2.45, 2.75) is 26.6 Å². The number of ether oxygens (including phenoxy) is 1. The lowest BCUT2D eigenvalue weighted by molar-refractivity contribution is 0.293. The average molecular weight is 281 g/mol. The first-order valence-corrected chi connectivity index (χ1v) is 7.16. The molecule has 4 nitrogen and oxygen atoms in total. The second-order valence-electron chi connectivity index (χ2n) is 4.93. The van der Waals surface area contributed by atoms with E-state index in [1.54, 1.807) is 0 Å². The van der Waals surface area contributed by atoms with Crippen molar-refractivity contribution in [3.63, 3.8) is 0 Å². The third-order valence-corrected chi connectivity index (χ3v) is 3.72. The molecule has 21 heavy (non-hydrogen) atoms. The highest BCUT2D eigenvalue weighted by Gasteiger charge is 2.08. The number of benzene rings is 2. The van der Waals surface area contributed by atoms with Crippen molar-refractivity contribution in [3.05, 3.63) is 60.2 Å². The van der Waals surface area contributed by atoms with Gasteiger partial charge < -0.3 is 15.0 Å². The van der Waals surface area contributed by atoms with Crippen molar-refractivity contribution in [1.82, 2.24) is 9.55 Å². The van der Waals surface area contributed by atoms with Crippen molar-refractivity contribution in [1.29, 1.82) is 0 Å². The Morgan fingerprint density at radius 2 is 2.05 bits per heavy atom. The van der Waals surface area contributed by atoms with E-state index < -0.39 is 0 Å². The molecule has 108 valence electrons. The molecule has 3 aromatic rings.